The maximum Gasteiger partial charge on any atom is 0.229 e. The number of aliphatic hydroxyl groups is 11. The van der Waals surface area contributed by atoms with Gasteiger partial charge in [-0.25, -0.2) is 0 Å². The average Bonchev–Trinajstić information content (AvgIpc) is 2.96. The molecule has 0 aromatic heterocycles. The van der Waals surface area contributed by atoms with Gasteiger partial charge in [-0.1, -0.05) is 0 Å². The van der Waals surface area contributed by atoms with Crippen LogP contribution in [0.3, 0.4) is 0 Å². The fourth-order valence-corrected chi connectivity index (χ4v) is 6.70. The molecule has 0 spiro atoms. The van der Waals surface area contributed by atoms with Crippen LogP contribution in [0, 0.1) is 11.8 Å². The molecule has 4 fully saturated rings. The number of hydrogen-bond donors (Lipinski definition) is 11. The highest BCUT2D eigenvalue weighted by atomic mass is 16.7. The molecule has 16 nitrogen and oxygen atoms in total. The Balaban J connectivity index is 1.37. The predicted molar refractivity (Wildman–Crippen MR) is 138 cm³/mol. The molecule has 18 atom stereocenters. The minimum absolute atomic E-state index is 0.0230. The quantitative estimate of drug-likeness (QED) is 0.132. The number of aliphatic hydroxyl groups excluding tert-OH is 11. The summed E-state index contributed by atoms with van der Waals surface area (Å²) in [5.74, 6) is -1.62. The first-order valence-electron chi connectivity index (χ1n) is 14.8. The van der Waals surface area contributed by atoms with Crippen molar-refractivity contribution in [3.05, 3.63) is 11.5 Å². The first-order chi connectivity index (χ1) is 20.3. The SMILES string of the molecule is C[C@@H]1O[C@@H](OC[C@H]2OC(OC3=C(C4CCC(O)C(O)C4)OC4CC(O)CC(O)C4C3O)[C@H](O)[C@@H](O)[C@@H]2O)[C@H](O)[C@H](O)[C@H]1O. The molecular formula is C27H44O16. The lowest BCUT2D eigenvalue weighted by Gasteiger charge is -2.48. The van der Waals surface area contributed by atoms with Crippen molar-refractivity contribution in [1.82, 2.24) is 0 Å². The molecule has 248 valence electrons. The highest BCUT2D eigenvalue weighted by Gasteiger charge is 2.53. The minimum Gasteiger partial charge on any atom is -0.490 e. The van der Waals surface area contributed by atoms with Crippen molar-refractivity contribution in [2.24, 2.45) is 11.8 Å². The standard InChI is InChI=1S/C27H44O16/c1-8-17(32)20(35)22(37)26(40-8)39-7-15-18(33)21(36)23(38)27(42-15)43-25-19(34)16-13(31)5-10(28)6-14(16)41-24(25)9-2-3-11(29)12(30)4-9/h8-23,26-38H,2-7H2,1H3/t8-,9?,10?,11?,12?,13?,14?,15+,16?,17-,18+,19?,20+,21-,22+,23+,26+,27?/m0/s1. The van der Waals surface area contributed by atoms with Gasteiger partial charge in [0.1, 0.15) is 60.7 Å². The number of hydrogen-bond acceptors (Lipinski definition) is 16. The third-order valence-electron chi connectivity index (χ3n) is 9.34. The van der Waals surface area contributed by atoms with E-state index in [1.165, 1.54) is 6.92 Å². The molecule has 0 aromatic carbocycles. The van der Waals surface area contributed by atoms with E-state index in [1.54, 1.807) is 0 Å². The van der Waals surface area contributed by atoms with Crippen LogP contribution in [0.4, 0.5) is 0 Å². The van der Waals surface area contributed by atoms with Crippen molar-refractivity contribution in [3.63, 3.8) is 0 Å². The van der Waals surface area contributed by atoms with Gasteiger partial charge in [0.2, 0.25) is 6.29 Å². The predicted octanol–water partition coefficient (Wildman–Crippen LogP) is -4.72. The Kier molecular flexibility index (Phi) is 10.2. The minimum atomic E-state index is -1.84. The summed E-state index contributed by atoms with van der Waals surface area (Å²) in [5.41, 5.74) is 0. The van der Waals surface area contributed by atoms with Crippen LogP contribution < -0.4 is 0 Å². The summed E-state index contributed by atoms with van der Waals surface area (Å²) in [6.07, 6.45) is -21.1. The topological polar surface area (TPSA) is 269 Å². The molecule has 0 radical (unpaired) electrons. The van der Waals surface area contributed by atoms with E-state index in [1.807, 2.05) is 0 Å². The molecule has 2 aliphatic carbocycles. The monoisotopic (exact) mass is 624 g/mol. The molecule has 0 amide bonds. The maximum absolute atomic E-state index is 11.4. The normalized spacial score (nSPS) is 52.7. The van der Waals surface area contributed by atoms with Crippen molar-refractivity contribution in [1.29, 1.82) is 0 Å². The number of rotatable bonds is 6. The van der Waals surface area contributed by atoms with Gasteiger partial charge < -0.3 is 79.9 Å². The molecule has 0 aromatic rings. The van der Waals surface area contributed by atoms with Crippen LogP contribution in [0.15, 0.2) is 11.5 Å². The van der Waals surface area contributed by atoms with Gasteiger partial charge in [0.05, 0.1) is 43.0 Å². The van der Waals surface area contributed by atoms with Crippen LogP contribution in [-0.4, -0.2) is 161 Å². The summed E-state index contributed by atoms with van der Waals surface area (Å²) < 4.78 is 28.8. The van der Waals surface area contributed by atoms with Crippen molar-refractivity contribution >= 4 is 0 Å². The van der Waals surface area contributed by atoms with Gasteiger partial charge >= 0.3 is 0 Å². The fraction of sp³-hybridized carbons (Fsp3) is 0.926. The summed E-state index contributed by atoms with van der Waals surface area (Å²) in [7, 11) is 0. The van der Waals surface area contributed by atoms with Crippen LogP contribution in [0.2, 0.25) is 0 Å². The average molecular weight is 625 g/mol. The maximum atomic E-state index is 11.4. The molecule has 11 N–H and O–H groups in total. The van der Waals surface area contributed by atoms with Crippen LogP contribution in [-0.2, 0) is 23.7 Å². The second-order valence-electron chi connectivity index (χ2n) is 12.4. The molecule has 43 heavy (non-hydrogen) atoms. The van der Waals surface area contributed by atoms with Crippen molar-refractivity contribution in [2.45, 2.75) is 137 Å². The van der Waals surface area contributed by atoms with Crippen molar-refractivity contribution in [3.8, 4) is 0 Å². The van der Waals surface area contributed by atoms with Crippen molar-refractivity contribution < 1.29 is 79.9 Å². The van der Waals surface area contributed by atoms with Crippen LogP contribution in [0.25, 0.3) is 0 Å². The molecule has 2 saturated heterocycles. The van der Waals surface area contributed by atoms with E-state index in [9.17, 15) is 56.2 Å². The zero-order valence-electron chi connectivity index (χ0n) is 23.6. The lowest BCUT2D eigenvalue weighted by atomic mass is 9.75. The zero-order valence-corrected chi connectivity index (χ0v) is 23.6. The van der Waals surface area contributed by atoms with Crippen LogP contribution in [0.1, 0.15) is 39.0 Å². The van der Waals surface area contributed by atoms with Gasteiger partial charge in [-0.3, -0.25) is 0 Å². The summed E-state index contributed by atoms with van der Waals surface area (Å²) >= 11 is 0. The zero-order chi connectivity index (χ0) is 31.3. The first kappa shape index (κ1) is 33.2. The van der Waals surface area contributed by atoms with E-state index < -0.39 is 116 Å². The smallest absolute Gasteiger partial charge is 0.229 e. The first-order valence-corrected chi connectivity index (χ1v) is 14.8. The second kappa shape index (κ2) is 13.3. The Morgan fingerprint density at radius 1 is 0.674 bits per heavy atom. The molecule has 3 aliphatic heterocycles. The number of ether oxygens (including phenoxy) is 5. The lowest BCUT2D eigenvalue weighted by Crippen LogP contribution is -2.61. The Bertz CT molecular complexity index is 983. The van der Waals surface area contributed by atoms with Gasteiger partial charge in [-0.2, -0.15) is 0 Å². The van der Waals surface area contributed by atoms with Crippen LogP contribution in [0.5, 0.6) is 0 Å². The van der Waals surface area contributed by atoms with E-state index >= 15 is 0 Å². The van der Waals surface area contributed by atoms with Gasteiger partial charge in [-0.05, 0) is 32.6 Å². The summed E-state index contributed by atoms with van der Waals surface area (Å²) in [5, 5.41) is 115. The number of allylic oxidation sites excluding steroid dienone is 1. The largest absolute Gasteiger partial charge is 0.490 e. The lowest BCUT2D eigenvalue weighted by molar-refractivity contribution is -0.326. The molecule has 2 saturated carbocycles. The third kappa shape index (κ3) is 6.55. The Morgan fingerprint density at radius 2 is 1.35 bits per heavy atom. The van der Waals surface area contributed by atoms with E-state index in [2.05, 4.69) is 0 Å². The summed E-state index contributed by atoms with van der Waals surface area (Å²) in [6.45, 7) is 0.927. The number of fused-ring (bicyclic) bond motifs is 1. The van der Waals surface area contributed by atoms with Gasteiger partial charge in [0.15, 0.2) is 12.0 Å². The summed E-state index contributed by atoms with van der Waals surface area (Å²) in [4.78, 5) is 0. The third-order valence-corrected chi connectivity index (χ3v) is 9.34. The molecule has 5 rings (SSSR count). The van der Waals surface area contributed by atoms with Gasteiger partial charge in [0.25, 0.3) is 0 Å². The molecule has 9 unspecified atom stereocenters. The molecular weight excluding hydrogens is 580 g/mol. The summed E-state index contributed by atoms with van der Waals surface area (Å²) in [6, 6.07) is 0. The second-order valence-corrected chi connectivity index (χ2v) is 12.4. The van der Waals surface area contributed by atoms with Crippen molar-refractivity contribution in [2.75, 3.05) is 6.61 Å². The fourth-order valence-electron chi connectivity index (χ4n) is 6.70. The molecule has 16 heteroatoms. The van der Waals surface area contributed by atoms with Gasteiger partial charge in [-0.15, -0.1) is 0 Å². The Morgan fingerprint density at radius 3 is 2.05 bits per heavy atom. The Labute approximate surface area is 247 Å². The highest BCUT2D eigenvalue weighted by Crippen LogP contribution is 2.45. The Hall–Kier alpha value is -1.22. The van der Waals surface area contributed by atoms with E-state index in [-0.39, 0.29) is 37.2 Å². The molecule has 0 bridgehead atoms. The van der Waals surface area contributed by atoms with Gasteiger partial charge in [0, 0.05) is 12.3 Å². The van der Waals surface area contributed by atoms with E-state index in [0.29, 0.717) is 6.42 Å². The molecule has 5 aliphatic rings. The van der Waals surface area contributed by atoms with E-state index in [4.69, 9.17) is 23.7 Å². The van der Waals surface area contributed by atoms with E-state index in [0.717, 1.165) is 0 Å². The highest BCUT2D eigenvalue weighted by molar-refractivity contribution is 5.19. The molecule has 3 heterocycles. The van der Waals surface area contributed by atoms with Crippen LogP contribution >= 0.6 is 0 Å².